The molecule has 1 aromatic carbocycles. The zero-order valence-corrected chi connectivity index (χ0v) is 20.3. The van der Waals surface area contributed by atoms with E-state index in [0.29, 0.717) is 5.56 Å². The normalized spacial score (nSPS) is 38.2. The number of hydrogen-bond acceptors (Lipinski definition) is 7. The van der Waals surface area contributed by atoms with E-state index in [4.69, 9.17) is 14.2 Å². The molecule has 7 nitrogen and oxygen atoms in total. The molecule has 1 aromatic rings. The first-order chi connectivity index (χ1) is 17.4. The van der Waals surface area contributed by atoms with Crippen LogP contribution in [-0.4, -0.2) is 60.0 Å². The summed E-state index contributed by atoms with van der Waals surface area (Å²) in [6.07, 6.45) is -16.3. The van der Waals surface area contributed by atoms with Gasteiger partial charge in [0, 0.05) is 6.42 Å². The van der Waals surface area contributed by atoms with Crippen molar-refractivity contribution in [3.8, 4) is 0 Å². The smallest absolute Gasteiger partial charge is 0.393 e. The maximum absolute atomic E-state index is 14.8. The molecule has 0 saturated carbocycles. The zero-order valence-electron chi connectivity index (χ0n) is 20.3. The van der Waals surface area contributed by atoms with Crippen LogP contribution in [0, 0.1) is 5.92 Å². The lowest BCUT2D eigenvalue weighted by Gasteiger charge is -2.42. The van der Waals surface area contributed by atoms with E-state index in [0.717, 1.165) is 0 Å². The number of nitrogens with one attached hydrogen (secondary N) is 3. The molecule has 0 aliphatic carbocycles. The SMILES string of the molecule is C[C@@H]1CCCC(O)C[C@](OCc2ccccc2)(C(F)(F)F)C2NNC(O2)C2CCC(C(F)(F)F)C(N2)O1. The molecule has 4 N–H and O–H groups in total. The molecule has 6 unspecified atom stereocenters. The summed E-state index contributed by atoms with van der Waals surface area (Å²) in [5, 5.41) is 13.5. The molecular weight excluding hydrogens is 508 g/mol. The monoisotopic (exact) mass is 541 g/mol. The zero-order chi connectivity index (χ0) is 26.8. The number of fused-ring (bicyclic) bond motifs is 5. The van der Waals surface area contributed by atoms with Gasteiger partial charge in [0.25, 0.3) is 0 Å². The molecule has 3 saturated heterocycles. The summed E-state index contributed by atoms with van der Waals surface area (Å²) in [6, 6.07) is 7.55. The Bertz CT molecular complexity index is 876. The minimum Gasteiger partial charge on any atom is -0.393 e. The van der Waals surface area contributed by atoms with E-state index in [1.165, 1.54) is 0 Å². The van der Waals surface area contributed by atoms with Crippen LogP contribution in [0.5, 0.6) is 0 Å². The Labute approximate surface area is 211 Å². The van der Waals surface area contributed by atoms with Gasteiger partial charge in [0.05, 0.1) is 30.8 Å². The molecule has 8 atom stereocenters. The average molecular weight is 542 g/mol. The Balaban J connectivity index is 1.63. The first-order valence-corrected chi connectivity index (χ1v) is 12.5. The van der Waals surface area contributed by atoms with Crippen molar-refractivity contribution in [1.29, 1.82) is 0 Å². The number of alkyl halides is 6. The molecule has 37 heavy (non-hydrogen) atoms. The lowest BCUT2D eigenvalue weighted by molar-refractivity contribution is -0.325. The van der Waals surface area contributed by atoms with Crippen molar-refractivity contribution in [2.45, 2.75) is 107 Å². The highest BCUT2D eigenvalue weighted by Crippen LogP contribution is 2.44. The highest BCUT2D eigenvalue weighted by atomic mass is 19.4. The Morgan fingerprint density at radius 3 is 2.38 bits per heavy atom. The fraction of sp³-hybridized carbons (Fsp3) is 0.750. The van der Waals surface area contributed by atoms with Crippen LogP contribution < -0.4 is 16.2 Å². The van der Waals surface area contributed by atoms with Crippen LogP contribution in [0.2, 0.25) is 0 Å². The third kappa shape index (κ3) is 6.57. The number of hydrazine groups is 1. The first-order valence-electron chi connectivity index (χ1n) is 12.5. The van der Waals surface area contributed by atoms with Crippen molar-refractivity contribution in [3.05, 3.63) is 35.9 Å². The third-order valence-electron chi connectivity index (χ3n) is 7.27. The predicted octanol–water partition coefficient (Wildman–Crippen LogP) is 3.88. The van der Waals surface area contributed by atoms with Gasteiger partial charge in [0.15, 0.2) is 6.23 Å². The average Bonchev–Trinajstić information content (AvgIpc) is 3.31. The maximum atomic E-state index is 14.8. The molecule has 0 spiro atoms. The number of rotatable bonds is 3. The van der Waals surface area contributed by atoms with Gasteiger partial charge in [-0.3, -0.25) is 5.32 Å². The van der Waals surface area contributed by atoms with E-state index in [9.17, 15) is 31.4 Å². The van der Waals surface area contributed by atoms with Crippen molar-refractivity contribution in [1.82, 2.24) is 16.2 Å². The topological polar surface area (TPSA) is 84.0 Å². The van der Waals surface area contributed by atoms with E-state index < -0.39 is 67.2 Å². The molecule has 3 fully saturated rings. The number of piperidine rings is 1. The van der Waals surface area contributed by atoms with Crippen molar-refractivity contribution in [2.24, 2.45) is 5.92 Å². The number of ether oxygens (including phenoxy) is 3. The summed E-state index contributed by atoms with van der Waals surface area (Å²) < 4.78 is 102. The van der Waals surface area contributed by atoms with Crippen LogP contribution in [-0.2, 0) is 20.8 Å². The summed E-state index contributed by atoms with van der Waals surface area (Å²) in [5.74, 6) is -1.77. The first kappa shape index (κ1) is 28.5. The van der Waals surface area contributed by atoms with Crippen LogP contribution in [0.25, 0.3) is 0 Å². The Morgan fingerprint density at radius 2 is 1.70 bits per heavy atom. The Morgan fingerprint density at radius 1 is 0.973 bits per heavy atom. The molecule has 4 rings (SSSR count). The number of benzene rings is 1. The molecular formula is C24H33F6N3O4. The van der Waals surface area contributed by atoms with Gasteiger partial charge in [0.1, 0.15) is 12.5 Å². The maximum Gasteiger partial charge on any atom is 0.421 e. The number of aliphatic hydroxyl groups is 1. The third-order valence-corrected chi connectivity index (χ3v) is 7.27. The molecule has 4 bridgehead atoms. The lowest BCUT2D eigenvalue weighted by Crippen LogP contribution is -2.62. The van der Waals surface area contributed by atoms with E-state index in [2.05, 4.69) is 16.2 Å². The number of halogens is 6. The minimum atomic E-state index is -4.95. The molecule has 3 heterocycles. The fourth-order valence-corrected chi connectivity index (χ4v) is 5.21. The number of aliphatic hydroxyl groups excluding tert-OH is 1. The second-order valence-electron chi connectivity index (χ2n) is 10.0. The molecule has 0 amide bonds. The second-order valence-corrected chi connectivity index (χ2v) is 10.0. The highest BCUT2D eigenvalue weighted by Gasteiger charge is 2.64. The quantitative estimate of drug-likeness (QED) is 0.433. The van der Waals surface area contributed by atoms with Gasteiger partial charge in [-0.1, -0.05) is 30.3 Å². The second kappa shape index (κ2) is 11.3. The molecule has 210 valence electrons. The molecule has 0 aromatic heterocycles. The van der Waals surface area contributed by atoms with E-state index in [-0.39, 0.29) is 38.7 Å². The fourth-order valence-electron chi connectivity index (χ4n) is 5.21. The summed E-state index contributed by atoms with van der Waals surface area (Å²) in [7, 11) is 0. The standard InChI is InChI=1S/C24H33F6N3O4/c1-14-6-5-9-16(34)12-22(24(28,29)30,35-13-15-7-3-2-4-8-15)21-33-32-20(37-21)18-11-10-17(23(25,26)27)19(31-18)36-14/h2-4,7-8,14,16-21,31-34H,5-6,9-13H2,1H3/t14-,16?,17?,18?,19?,20?,21?,22-/m1/s1. The van der Waals surface area contributed by atoms with Gasteiger partial charge in [-0.05, 0) is 44.6 Å². The van der Waals surface area contributed by atoms with Crippen LogP contribution >= 0.6 is 0 Å². The highest BCUT2D eigenvalue weighted by molar-refractivity contribution is 5.14. The molecule has 3 aliphatic heterocycles. The van der Waals surface area contributed by atoms with E-state index >= 15 is 0 Å². The van der Waals surface area contributed by atoms with Gasteiger partial charge in [-0.15, -0.1) is 0 Å². The molecule has 0 radical (unpaired) electrons. The van der Waals surface area contributed by atoms with Crippen molar-refractivity contribution >= 4 is 0 Å². The van der Waals surface area contributed by atoms with Crippen molar-refractivity contribution in [3.63, 3.8) is 0 Å². The van der Waals surface area contributed by atoms with Gasteiger partial charge >= 0.3 is 12.4 Å². The summed E-state index contributed by atoms with van der Waals surface area (Å²) in [6.45, 7) is 1.23. The van der Waals surface area contributed by atoms with Crippen LogP contribution in [0.3, 0.4) is 0 Å². The predicted molar refractivity (Wildman–Crippen MR) is 119 cm³/mol. The Hall–Kier alpha value is -1.48. The van der Waals surface area contributed by atoms with E-state index in [1.54, 1.807) is 37.3 Å². The van der Waals surface area contributed by atoms with E-state index in [1.807, 2.05) is 0 Å². The summed E-state index contributed by atoms with van der Waals surface area (Å²) in [4.78, 5) is 0. The van der Waals surface area contributed by atoms with Crippen molar-refractivity contribution < 1.29 is 45.7 Å². The number of hydrogen-bond donors (Lipinski definition) is 4. The van der Waals surface area contributed by atoms with Gasteiger partial charge in [-0.2, -0.15) is 26.3 Å². The lowest BCUT2D eigenvalue weighted by atomic mass is 9.89. The summed E-state index contributed by atoms with van der Waals surface area (Å²) >= 11 is 0. The minimum absolute atomic E-state index is 0.00298. The Kier molecular flexibility index (Phi) is 8.73. The van der Waals surface area contributed by atoms with Gasteiger partial charge in [0.2, 0.25) is 5.60 Å². The van der Waals surface area contributed by atoms with Crippen LogP contribution in [0.15, 0.2) is 30.3 Å². The summed E-state index contributed by atoms with van der Waals surface area (Å²) in [5.41, 5.74) is 2.73. The van der Waals surface area contributed by atoms with Crippen LogP contribution in [0.4, 0.5) is 26.3 Å². The van der Waals surface area contributed by atoms with Crippen molar-refractivity contribution in [2.75, 3.05) is 0 Å². The van der Waals surface area contributed by atoms with Crippen LogP contribution in [0.1, 0.15) is 51.0 Å². The molecule has 3 aliphatic rings. The molecule has 13 heteroatoms. The van der Waals surface area contributed by atoms with Gasteiger partial charge < -0.3 is 19.3 Å². The largest absolute Gasteiger partial charge is 0.421 e. The van der Waals surface area contributed by atoms with Gasteiger partial charge in [-0.25, -0.2) is 10.9 Å².